The van der Waals surface area contributed by atoms with Crippen LogP contribution in [0.25, 0.3) is 0 Å². The van der Waals surface area contributed by atoms with Gasteiger partial charge in [0.25, 0.3) is 5.91 Å². The SMILES string of the molecule is O=C(Nc1nccs1)c1cccc(NC(=O)[C@H]2[C@H](C(=O)O)[C@@H]3C=C[C@H]2C3)c1. The summed E-state index contributed by atoms with van der Waals surface area (Å²) in [5.74, 6) is -3.01. The Morgan fingerprint density at radius 2 is 1.89 bits per heavy atom. The van der Waals surface area contributed by atoms with Crippen molar-refractivity contribution in [1.82, 2.24) is 4.98 Å². The van der Waals surface area contributed by atoms with Gasteiger partial charge in [0.2, 0.25) is 5.91 Å². The lowest BCUT2D eigenvalue weighted by molar-refractivity contribution is -0.146. The van der Waals surface area contributed by atoms with Gasteiger partial charge in [-0.2, -0.15) is 0 Å². The molecule has 2 amide bonds. The Hall–Kier alpha value is -3.00. The number of hydrogen-bond donors (Lipinski definition) is 3. The molecule has 2 aromatic rings. The highest BCUT2D eigenvalue weighted by Gasteiger charge is 2.51. The second-order valence-electron chi connectivity index (χ2n) is 6.70. The number of hydrogen-bond acceptors (Lipinski definition) is 5. The quantitative estimate of drug-likeness (QED) is 0.688. The predicted molar refractivity (Wildman–Crippen MR) is 100 cm³/mol. The van der Waals surface area contributed by atoms with Crippen LogP contribution in [0.1, 0.15) is 16.8 Å². The predicted octanol–water partition coefficient (Wildman–Crippen LogP) is 2.86. The highest BCUT2D eigenvalue weighted by atomic mass is 32.1. The van der Waals surface area contributed by atoms with Crippen LogP contribution in [0.15, 0.2) is 48.0 Å². The number of nitrogens with zero attached hydrogens (tertiary/aromatic N) is 1. The summed E-state index contributed by atoms with van der Waals surface area (Å²) < 4.78 is 0. The van der Waals surface area contributed by atoms with E-state index in [1.165, 1.54) is 11.3 Å². The van der Waals surface area contributed by atoms with Crippen LogP contribution in [-0.2, 0) is 9.59 Å². The Kier molecular flexibility index (Phi) is 4.49. The van der Waals surface area contributed by atoms with Gasteiger partial charge in [0.15, 0.2) is 5.13 Å². The second kappa shape index (κ2) is 6.96. The summed E-state index contributed by atoms with van der Waals surface area (Å²) in [7, 11) is 0. The molecule has 3 N–H and O–H groups in total. The molecular weight excluding hydrogens is 366 g/mol. The Balaban J connectivity index is 1.48. The molecule has 1 saturated carbocycles. The van der Waals surface area contributed by atoms with E-state index in [2.05, 4.69) is 15.6 Å². The number of rotatable bonds is 5. The minimum atomic E-state index is -0.941. The van der Waals surface area contributed by atoms with Crippen molar-refractivity contribution >= 4 is 39.9 Å². The minimum Gasteiger partial charge on any atom is -0.481 e. The molecule has 0 spiro atoms. The van der Waals surface area contributed by atoms with E-state index in [1.54, 1.807) is 35.8 Å². The molecule has 4 rings (SSSR count). The van der Waals surface area contributed by atoms with Crippen LogP contribution in [0.2, 0.25) is 0 Å². The summed E-state index contributed by atoms with van der Waals surface area (Å²) in [6.07, 6.45) is 6.13. The number of nitrogens with one attached hydrogen (secondary N) is 2. The molecule has 27 heavy (non-hydrogen) atoms. The standard InChI is InChI=1S/C19H17N3O4S/c23-16(22-19-20-6-7-27-19)12-2-1-3-13(9-12)21-17(24)14-10-4-5-11(8-10)15(14)18(25)26/h1-7,9-11,14-15H,8H2,(H,21,24)(H,25,26)(H,20,22,23)/t10-,11+,14+,15+/m0/s1. The first-order valence-electron chi connectivity index (χ1n) is 8.56. The van der Waals surface area contributed by atoms with E-state index in [4.69, 9.17) is 0 Å². The second-order valence-corrected chi connectivity index (χ2v) is 7.59. The molecule has 4 atom stereocenters. The lowest BCUT2D eigenvalue weighted by atomic mass is 9.82. The molecule has 8 heteroatoms. The average Bonchev–Trinajstić information content (AvgIpc) is 3.38. The number of carbonyl (C=O) groups is 3. The van der Waals surface area contributed by atoms with Crippen molar-refractivity contribution in [3.63, 3.8) is 0 Å². The number of thiazole rings is 1. The average molecular weight is 383 g/mol. The lowest BCUT2D eigenvalue weighted by Gasteiger charge is -2.23. The number of anilines is 2. The van der Waals surface area contributed by atoms with Gasteiger partial charge in [-0.15, -0.1) is 11.3 Å². The zero-order valence-electron chi connectivity index (χ0n) is 14.2. The van der Waals surface area contributed by atoms with Gasteiger partial charge in [0.1, 0.15) is 0 Å². The normalized spacial score (nSPS) is 25.3. The number of aromatic nitrogens is 1. The molecule has 138 valence electrons. The highest BCUT2D eigenvalue weighted by molar-refractivity contribution is 7.13. The van der Waals surface area contributed by atoms with Gasteiger partial charge >= 0.3 is 5.97 Å². The van der Waals surface area contributed by atoms with Crippen LogP contribution in [0.3, 0.4) is 0 Å². The third kappa shape index (κ3) is 3.35. The molecule has 2 aliphatic rings. The van der Waals surface area contributed by atoms with Crippen molar-refractivity contribution in [1.29, 1.82) is 0 Å². The van der Waals surface area contributed by atoms with E-state index < -0.39 is 17.8 Å². The Morgan fingerprint density at radius 1 is 1.11 bits per heavy atom. The fourth-order valence-electron chi connectivity index (χ4n) is 3.93. The van der Waals surface area contributed by atoms with Gasteiger partial charge in [-0.3, -0.25) is 19.7 Å². The van der Waals surface area contributed by atoms with Gasteiger partial charge in [-0.25, -0.2) is 4.98 Å². The first-order chi connectivity index (χ1) is 13.0. The first kappa shape index (κ1) is 17.4. The number of aliphatic carboxylic acids is 1. The number of amides is 2. The van der Waals surface area contributed by atoms with Crippen molar-refractivity contribution in [2.24, 2.45) is 23.7 Å². The van der Waals surface area contributed by atoms with Gasteiger partial charge < -0.3 is 10.4 Å². The van der Waals surface area contributed by atoms with Crippen molar-refractivity contribution in [2.75, 3.05) is 10.6 Å². The molecule has 2 aliphatic carbocycles. The first-order valence-corrected chi connectivity index (χ1v) is 9.44. The summed E-state index contributed by atoms with van der Waals surface area (Å²) in [5.41, 5.74) is 0.841. The molecule has 1 aromatic heterocycles. The van der Waals surface area contributed by atoms with E-state index in [0.29, 0.717) is 22.8 Å². The number of allylic oxidation sites excluding steroid dienone is 2. The topological polar surface area (TPSA) is 108 Å². The van der Waals surface area contributed by atoms with Gasteiger partial charge in [-0.1, -0.05) is 18.2 Å². The van der Waals surface area contributed by atoms with Crippen molar-refractivity contribution in [3.8, 4) is 0 Å². The van der Waals surface area contributed by atoms with Crippen molar-refractivity contribution in [2.45, 2.75) is 6.42 Å². The number of carbonyl (C=O) groups excluding carboxylic acids is 2. The third-order valence-corrected chi connectivity index (χ3v) is 5.78. The molecule has 1 aromatic carbocycles. The molecule has 1 fully saturated rings. The zero-order chi connectivity index (χ0) is 19.0. The fraction of sp³-hybridized carbons (Fsp3) is 0.263. The highest BCUT2D eigenvalue weighted by Crippen LogP contribution is 2.48. The molecule has 0 saturated heterocycles. The number of fused-ring (bicyclic) bond motifs is 2. The molecule has 0 aliphatic heterocycles. The summed E-state index contributed by atoms with van der Waals surface area (Å²) in [6, 6.07) is 6.55. The molecular formula is C19H17N3O4S. The summed E-state index contributed by atoms with van der Waals surface area (Å²) in [6.45, 7) is 0. The third-order valence-electron chi connectivity index (χ3n) is 5.09. The Labute approximate surface area is 159 Å². The van der Waals surface area contributed by atoms with E-state index in [-0.39, 0.29) is 23.7 Å². The van der Waals surface area contributed by atoms with Crippen molar-refractivity contribution in [3.05, 3.63) is 53.6 Å². The minimum absolute atomic E-state index is 0.0486. The van der Waals surface area contributed by atoms with E-state index in [0.717, 1.165) is 0 Å². The Bertz CT molecular complexity index is 925. The summed E-state index contributed by atoms with van der Waals surface area (Å²) >= 11 is 1.31. The largest absolute Gasteiger partial charge is 0.481 e. The maximum atomic E-state index is 12.7. The van der Waals surface area contributed by atoms with Gasteiger partial charge in [-0.05, 0) is 36.5 Å². The monoisotopic (exact) mass is 383 g/mol. The van der Waals surface area contributed by atoms with Crippen LogP contribution in [-0.4, -0.2) is 27.9 Å². The lowest BCUT2D eigenvalue weighted by Crippen LogP contribution is -2.36. The van der Waals surface area contributed by atoms with Gasteiger partial charge in [0.05, 0.1) is 11.8 Å². The van der Waals surface area contributed by atoms with Crippen LogP contribution in [0.4, 0.5) is 10.8 Å². The van der Waals surface area contributed by atoms with Crippen LogP contribution in [0, 0.1) is 23.7 Å². The molecule has 0 radical (unpaired) electrons. The maximum absolute atomic E-state index is 12.7. The van der Waals surface area contributed by atoms with Gasteiger partial charge in [0, 0.05) is 22.8 Å². The molecule has 2 bridgehead atoms. The van der Waals surface area contributed by atoms with Crippen LogP contribution in [0.5, 0.6) is 0 Å². The number of benzene rings is 1. The zero-order valence-corrected chi connectivity index (χ0v) is 15.0. The van der Waals surface area contributed by atoms with Crippen LogP contribution >= 0.6 is 11.3 Å². The summed E-state index contributed by atoms with van der Waals surface area (Å²) in [5, 5.41) is 17.2. The van der Waals surface area contributed by atoms with E-state index in [9.17, 15) is 19.5 Å². The number of carboxylic acids is 1. The Morgan fingerprint density at radius 3 is 2.59 bits per heavy atom. The van der Waals surface area contributed by atoms with E-state index in [1.807, 2.05) is 12.2 Å². The molecule has 7 nitrogen and oxygen atoms in total. The molecule has 0 unspecified atom stereocenters. The number of carboxylic acid groups (broad SMARTS) is 1. The summed E-state index contributed by atoms with van der Waals surface area (Å²) in [4.78, 5) is 40.6. The van der Waals surface area contributed by atoms with Crippen molar-refractivity contribution < 1.29 is 19.5 Å². The molecule has 1 heterocycles. The smallest absolute Gasteiger partial charge is 0.307 e. The van der Waals surface area contributed by atoms with E-state index >= 15 is 0 Å². The fourth-order valence-corrected chi connectivity index (χ4v) is 4.46. The maximum Gasteiger partial charge on any atom is 0.307 e. The van der Waals surface area contributed by atoms with Crippen LogP contribution < -0.4 is 10.6 Å².